The molecule has 1 amide bonds. The molecule has 3 fully saturated rings. The lowest BCUT2D eigenvalue weighted by Gasteiger charge is -2.51. The van der Waals surface area contributed by atoms with Crippen LogP contribution in [0.15, 0.2) is 195 Å². The highest BCUT2D eigenvalue weighted by Gasteiger charge is 2.60. The van der Waals surface area contributed by atoms with Gasteiger partial charge in [0.25, 0.3) is 9.70 Å². The van der Waals surface area contributed by atoms with Crippen molar-refractivity contribution in [2.24, 2.45) is 10.8 Å². The first-order chi connectivity index (χ1) is 51.3. The Kier molecular flexibility index (Phi) is 31.9. The zero-order valence-corrected chi connectivity index (χ0v) is 63.4. The first-order valence-electron chi connectivity index (χ1n) is 35.7. The average Bonchev–Trinajstić information content (AvgIpc) is 0.758. The van der Waals surface area contributed by atoms with Crippen LogP contribution < -0.4 is 5.32 Å². The van der Waals surface area contributed by atoms with Crippen LogP contribution in [-0.2, 0) is 128 Å². The Labute approximate surface area is 640 Å². The summed E-state index contributed by atoms with van der Waals surface area (Å²) in [6, 6.07) is 52.4. The van der Waals surface area contributed by atoms with Crippen molar-refractivity contribution in [2.45, 2.75) is 203 Å². The Morgan fingerprint density at radius 3 is 1.29 bits per heavy atom. The third-order valence-electron chi connectivity index (χ3n) is 17.5. The molecule has 1 N–H and O–H groups in total. The van der Waals surface area contributed by atoms with Crippen molar-refractivity contribution in [3.05, 3.63) is 228 Å². The number of ether oxygens (including phenoxy) is 15. The first kappa shape index (κ1) is 83.5. The van der Waals surface area contributed by atoms with E-state index < -0.39 is 149 Å². The van der Waals surface area contributed by atoms with Gasteiger partial charge in [0.15, 0.2) is 43.3 Å². The number of unbranched alkanes of at least 4 members (excludes halogenated alkanes) is 1. The normalized spacial score (nSPS) is 24.6. The summed E-state index contributed by atoms with van der Waals surface area (Å²) in [4.78, 5) is 86.2. The molecule has 0 aromatic heterocycles. The zero-order chi connectivity index (χ0) is 76.5. The standard InChI is InChI=1S/C82H96Cl3NO21/c1-9-10-29-44-96-75-71(106-78(91)80(3,4)5)69(98-49-58-38-25-15-26-39-58)67(62(100-75)52-95-47-56-34-21-13-22-35-56)104-76-72(107-79(92)81(6,7)8)70(65(97-48-57-36-23-14-24-37-57)60(101-76)50-93-45-54-30-17-11-18-31-54)105-74-64(86-77(90)82(83,84)85)68(102-63(88)43-42-53(2)87)66(103-73(89)59-40-27-16-28-41-59)61(99-74)51-94-46-55-32-19-12-20-33-55/h9,11-28,30-41,60-62,64-72,74-76H,1,10,29,42-52H2,2-8H3,(H,86,90)/t60-,61-,62-,64-,65+,66-,67-,68-,69+,70+,71-,72-,74+,75-,76+/m1/s1. The summed E-state index contributed by atoms with van der Waals surface area (Å²) < 4.78 is 100. The molecule has 6 aromatic rings. The Morgan fingerprint density at radius 1 is 0.439 bits per heavy atom. The second-order valence-electron chi connectivity index (χ2n) is 28.3. The van der Waals surface area contributed by atoms with Crippen molar-refractivity contribution in [1.29, 1.82) is 0 Å². The third-order valence-corrected chi connectivity index (χ3v) is 18.0. The van der Waals surface area contributed by atoms with Crippen LogP contribution in [0.25, 0.3) is 0 Å². The predicted octanol–water partition coefficient (Wildman–Crippen LogP) is 13.0. The van der Waals surface area contributed by atoms with Crippen molar-refractivity contribution in [2.75, 3.05) is 26.4 Å². The number of hydrogen-bond donors (Lipinski definition) is 1. The van der Waals surface area contributed by atoms with Crippen molar-refractivity contribution in [1.82, 2.24) is 5.32 Å². The summed E-state index contributed by atoms with van der Waals surface area (Å²) in [6.45, 7) is 14.2. The van der Waals surface area contributed by atoms with Gasteiger partial charge in [0, 0.05) is 6.42 Å². The van der Waals surface area contributed by atoms with Gasteiger partial charge in [-0.15, -0.1) is 6.58 Å². The lowest BCUT2D eigenvalue weighted by Crippen LogP contribution is -2.71. The highest BCUT2D eigenvalue weighted by atomic mass is 35.6. The van der Waals surface area contributed by atoms with E-state index in [-0.39, 0.29) is 70.6 Å². The molecule has 3 aliphatic heterocycles. The number of carbonyl (C=O) groups is 6. The van der Waals surface area contributed by atoms with Crippen LogP contribution in [-0.4, -0.2) is 158 Å². The Bertz CT molecular complexity index is 3740. The SMILES string of the molecule is C=CCCCO[C@@H]1O[C@H](COCc2ccccc2)[C@@H](O[C@@H]2O[C@H](COCc3ccccc3)[C@H](OCc3ccccc3)[C@H](O[C@@H]3O[C@H](COCc4ccccc4)[C@@H](OC(=O)c4ccccc4)[C@H](OC(=O)CCC(C)=O)[C@H]3NC(=O)C(Cl)(Cl)Cl)[C@H]2OC(=O)C(C)(C)C)[C@H](OCc2ccccc2)[C@H]1OC(=O)C(C)(C)C. The number of benzene rings is 6. The minimum Gasteiger partial charge on any atom is -0.456 e. The molecular weight excluding hydrogens is 1440 g/mol. The molecule has 0 bridgehead atoms. The zero-order valence-electron chi connectivity index (χ0n) is 61.2. The highest BCUT2D eigenvalue weighted by molar-refractivity contribution is 6.76. The molecule has 15 atom stereocenters. The van der Waals surface area contributed by atoms with Crippen molar-refractivity contribution in [3.63, 3.8) is 0 Å². The van der Waals surface area contributed by atoms with E-state index in [1.165, 1.54) is 19.1 Å². The molecule has 3 heterocycles. The number of amides is 1. The van der Waals surface area contributed by atoms with Crippen LogP contribution in [0.4, 0.5) is 0 Å². The maximum Gasteiger partial charge on any atom is 0.338 e. The summed E-state index contributed by atoms with van der Waals surface area (Å²) >= 11 is 19.4. The third kappa shape index (κ3) is 25.5. The Morgan fingerprint density at radius 2 is 0.841 bits per heavy atom. The van der Waals surface area contributed by atoms with Crippen molar-refractivity contribution in [3.8, 4) is 0 Å². The molecule has 3 aliphatic rings. The van der Waals surface area contributed by atoms with Gasteiger partial charge in [0.1, 0.15) is 54.6 Å². The van der Waals surface area contributed by atoms with Crippen LogP contribution in [0.3, 0.4) is 0 Å². The number of allylic oxidation sites excluding steroid dienone is 1. The monoisotopic (exact) mass is 1540 g/mol. The summed E-state index contributed by atoms with van der Waals surface area (Å²) in [7, 11) is 0. The van der Waals surface area contributed by atoms with Gasteiger partial charge in [-0.1, -0.05) is 211 Å². The number of ketones is 1. The fourth-order valence-electron chi connectivity index (χ4n) is 11.8. The molecule has 0 unspecified atom stereocenters. The van der Waals surface area contributed by atoms with Crippen molar-refractivity contribution < 1.29 is 99.8 Å². The minimum atomic E-state index is -2.75. The minimum absolute atomic E-state index is 0.0242. The van der Waals surface area contributed by atoms with Gasteiger partial charge >= 0.3 is 23.9 Å². The summed E-state index contributed by atoms with van der Waals surface area (Å²) in [6.07, 6.45) is -19.9. The van der Waals surface area contributed by atoms with Gasteiger partial charge in [-0.25, -0.2) is 4.79 Å². The molecule has 107 heavy (non-hydrogen) atoms. The average molecular weight is 1540 g/mol. The van der Waals surface area contributed by atoms with Crippen LogP contribution in [0.2, 0.25) is 0 Å². The van der Waals surface area contributed by atoms with E-state index in [1.54, 1.807) is 65.8 Å². The number of carbonyl (C=O) groups excluding carboxylic acids is 6. The van der Waals surface area contributed by atoms with Gasteiger partial charge in [-0.2, -0.15) is 0 Å². The molecule has 9 rings (SSSR count). The van der Waals surface area contributed by atoms with Gasteiger partial charge in [0.05, 0.1) is 82.3 Å². The Hall–Kier alpha value is -7.49. The number of esters is 4. The topological polar surface area (TPSA) is 253 Å². The molecule has 6 aromatic carbocycles. The number of hydrogen-bond acceptors (Lipinski definition) is 21. The lowest BCUT2D eigenvalue weighted by molar-refractivity contribution is -0.383. The summed E-state index contributed by atoms with van der Waals surface area (Å²) in [5.41, 5.74) is 1.41. The van der Waals surface area contributed by atoms with E-state index in [0.717, 1.165) is 22.3 Å². The van der Waals surface area contributed by atoms with Crippen LogP contribution in [0.5, 0.6) is 0 Å². The summed E-state index contributed by atoms with van der Waals surface area (Å²) in [5.74, 6) is -5.02. The molecule has 0 saturated carbocycles. The van der Waals surface area contributed by atoms with Gasteiger partial charge < -0.3 is 81.2 Å². The molecular formula is C82H96Cl3NO21. The van der Waals surface area contributed by atoms with E-state index >= 15 is 4.79 Å². The predicted molar refractivity (Wildman–Crippen MR) is 396 cm³/mol. The molecule has 25 heteroatoms. The lowest BCUT2D eigenvalue weighted by atomic mass is 9.93. The maximum atomic E-state index is 15.3. The molecule has 22 nitrogen and oxygen atoms in total. The smallest absolute Gasteiger partial charge is 0.338 e. The largest absolute Gasteiger partial charge is 0.456 e. The quantitative estimate of drug-likeness (QED) is 0.0126. The van der Waals surface area contributed by atoms with Gasteiger partial charge in [0.2, 0.25) is 0 Å². The van der Waals surface area contributed by atoms with E-state index in [2.05, 4.69) is 11.9 Å². The van der Waals surface area contributed by atoms with Crippen LogP contribution in [0, 0.1) is 10.8 Å². The first-order valence-corrected chi connectivity index (χ1v) is 36.9. The maximum absolute atomic E-state index is 15.3. The molecule has 3 saturated heterocycles. The second kappa shape index (κ2) is 40.8. The molecule has 576 valence electrons. The second-order valence-corrected chi connectivity index (χ2v) is 30.6. The molecule has 0 radical (unpaired) electrons. The highest BCUT2D eigenvalue weighted by Crippen LogP contribution is 2.41. The number of halogens is 3. The number of nitrogens with one attached hydrogen (secondary N) is 1. The fraction of sp³-hybridized carbons (Fsp3) is 0.463. The Balaban J connectivity index is 1.26. The number of rotatable bonds is 36. The van der Waals surface area contributed by atoms with E-state index in [9.17, 15) is 24.0 Å². The van der Waals surface area contributed by atoms with Crippen LogP contribution in [0.1, 0.15) is 112 Å². The fourth-order valence-corrected chi connectivity index (χ4v) is 11.9. The van der Waals surface area contributed by atoms with Crippen molar-refractivity contribution >= 4 is 70.4 Å². The molecule has 0 spiro atoms. The summed E-state index contributed by atoms with van der Waals surface area (Å²) in [5, 5.41) is 2.68. The number of alkyl halides is 3. The number of Topliss-reactive ketones (excluding diaryl/α,β-unsaturated/α-hetero) is 1. The van der Waals surface area contributed by atoms with E-state index in [1.807, 2.05) is 152 Å². The molecule has 0 aliphatic carbocycles. The van der Waals surface area contributed by atoms with E-state index in [4.69, 9.17) is 106 Å². The van der Waals surface area contributed by atoms with Gasteiger partial charge in [-0.3, -0.25) is 19.2 Å². The van der Waals surface area contributed by atoms with Crippen LogP contribution >= 0.6 is 34.8 Å². The van der Waals surface area contributed by atoms with E-state index in [0.29, 0.717) is 18.4 Å². The van der Waals surface area contributed by atoms with Gasteiger partial charge in [-0.05, 0) is 101 Å².